The number of alkyl halides is 3. The summed E-state index contributed by atoms with van der Waals surface area (Å²) in [5, 5.41) is 3.69. The van der Waals surface area contributed by atoms with E-state index in [1.54, 1.807) is 6.92 Å². The SMILES string of the molecule is CC=C(Cl)C(N=C(C)Nc1ccc(OC(F)(F)F)cc1)=C1C(CC)C1CC. The first-order valence-electron chi connectivity index (χ1n) is 8.94. The van der Waals surface area contributed by atoms with Crippen molar-refractivity contribution in [1.29, 1.82) is 0 Å². The second-order valence-corrected chi connectivity index (χ2v) is 6.77. The Hall–Kier alpha value is -1.95. The first-order chi connectivity index (χ1) is 12.7. The van der Waals surface area contributed by atoms with Crippen molar-refractivity contribution < 1.29 is 17.9 Å². The van der Waals surface area contributed by atoms with Crippen molar-refractivity contribution in [2.75, 3.05) is 5.32 Å². The number of hydrogen-bond donors (Lipinski definition) is 1. The monoisotopic (exact) mass is 400 g/mol. The lowest BCUT2D eigenvalue weighted by Gasteiger charge is -2.11. The van der Waals surface area contributed by atoms with Crippen molar-refractivity contribution in [3.63, 3.8) is 0 Å². The zero-order chi connectivity index (χ0) is 20.2. The molecule has 1 aliphatic rings. The Kier molecular flexibility index (Phi) is 6.98. The van der Waals surface area contributed by atoms with Gasteiger partial charge in [0.1, 0.15) is 11.6 Å². The zero-order valence-electron chi connectivity index (χ0n) is 15.8. The van der Waals surface area contributed by atoms with Crippen LogP contribution in [0.1, 0.15) is 40.5 Å². The summed E-state index contributed by atoms with van der Waals surface area (Å²) in [4.78, 5) is 4.66. The third-order valence-electron chi connectivity index (χ3n) is 4.50. The molecule has 2 unspecified atom stereocenters. The molecule has 3 nitrogen and oxygen atoms in total. The fraction of sp³-hybridized carbons (Fsp3) is 0.450. The Bertz CT molecular complexity index is 739. The molecule has 0 aliphatic heterocycles. The lowest BCUT2D eigenvalue weighted by Crippen LogP contribution is -2.17. The zero-order valence-corrected chi connectivity index (χ0v) is 16.6. The number of allylic oxidation sites excluding steroid dienone is 3. The highest BCUT2D eigenvalue weighted by molar-refractivity contribution is 6.32. The van der Waals surface area contributed by atoms with E-state index < -0.39 is 6.36 Å². The van der Waals surface area contributed by atoms with Crippen molar-refractivity contribution in [3.8, 4) is 5.75 Å². The van der Waals surface area contributed by atoms with Gasteiger partial charge in [0.25, 0.3) is 0 Å². The first-order valence-corrected chi connectivity index (χ1v) is 9.32. The van der Waals surface area contributed by atoms with E-state index in [2.05, 4.69) is 28.9 Å². The van der Waals surface area contributed by atoms with Crippen LogP contribution in [0.25, 0.3) is 0 Å². The standard InChI is InChI=1S/C20H24ClF3N2O/c1-5-15-16(6-2)18(15)19(17(21)7-3)26-12(4)25-13-8-10-14(11-9-13)27-20(22,23)24/h7-11,15-16H,5-6H2,1-4H3,(H,25,26). The number of anilines is 1. The van der Waals surface area contributed by atoms with Crippen LogP contribution in [0.5, 0.6) is 5.75 Å². The molecule has 1 aromatic rings. The Morgan fingerprint density at radius 3 is 2.19 bits per heavy atom. The Morgan fingerprint density at radius 2 is 1.74 bits per heavy atom. The van der Waals surface area contributed by atoms with Crippen molar-refractivity contribution in [1.82, 2.24) is 0 Å². The van der Waals surface area contributed by atoms with Gasteiger partial charge in [-0.3, -0.25) is 0 Å². The molecule has 27 heavy (non-hydrogen) atoms. The van der Waals surface area contributed by atoms with Gasteiger partial charge in [-0.05, 0) is 68.4 Å². The van der Waals surface area contributed by atoms with Crippen LogP contribution >= 0.6 is 11.6 Å². The van der Waals surface area contributed by atoms with Crippen LogP contribution in [-0.2, 0) is 0 Å². The number of rotatable bonds is 6. The molecule has 0 heterocycles. The minimum absolute atomic E-state index is 0.267. The predicted octanol–water partition coefficient (Wildman–Crippen LogP) is 6.88. The quantitative estimate of drug-likeness (QED) is 0.417. The van der Waals surface area contributed by atoms with Gasteiger partial charge >= 0.3 is 6.36 Å². The summed E-state index contributed by atoms with van der Waals surface area (Å²) in [7, 11) is 0. The molecule has 1 aliphatic carbocycles. The van der Waals surface area contributed by atoms with Gasteiger partial charge in [0.15, 0.2) is 0 Å². The van der Waals surface area contributed by atoms with E-state index in [9.17, 15) is 13.2 Å². The summed E-state index contributed by atoms with van der Waals surface area (Å²) in [6.07, 6.45) is -0.782. The third-order valence-corrected chi connectivity index (χ3v) is 4.90. The highest BCUT2D eigenvalue weighted by Gasteiger charge is 2.43. The molecule has 2 rings (SSSR count). The van der Waals surface area contributed by atoms with Crippen LogP contribution in [-0.4, -0.2) is 12.2 Å². The van der Waals surface area contributed by atoms with Crippen LogP contribution in [0.2, 0.25) is 0 Å². The highest BCUT2D eigenvalue weighted by atomic mass is 35.5. The molecule has 0 spiro atoms. The van der Waals surface area contributed by atoms with Crippen LogP contribution in [0, 0.1) is 11.8 Å². The second kappa shape index (κ2) is 8.83. The third kappa shape index (κ3) is 5.76. The molecule has 0 amide bonds. The molecular formula is C20H24ClF3N2O. The molecule has 0 aromatic heterocycles. The highest BCUT2D eigenvalue weighted by Crippen LogP contribution is 2.53. The number of hydrogen-bond acceptors (Lipinski definition) is 2. The van der Waals surface area contributed by atoms with E-state index in [1.807, 2.05) is 13.0 Å². The molecule has 1 N–H and O–H groups in total. The Labute approximate surface area is 163 Å². The maximum absolute atomic E-state index is 12.2. The van der Waals surface area contributed by atoms with Crippen molar-refractivity contribution in [3.05, 3.63) is 46.6 Å². The fourth-order valence-electron chi connectivity index (χ4n) is 3.28. The second-order valence-electron chi connectivity index (χ2n) is 6.36. The normalized spacial score (nSPS) is 20.5. The average Bonchev–Trinajstić information content (AvgIpc) is 3.32. The number of benzene rings is 1. The van der Waals surface area contributed by atoms with Gasteiger partial charge in [-0.25, -0.2) is 4.99 Å². The van der Waals surface area contributed by atoms with Gasteiger partial charge in [-0.15, -0.1) is 13.2 Å². The van der Waals surface area contributed by atoms with Gasteiger partial charge in [0, 0.05) is 5.69 Å². The molecule has 0 radical (unpaired) electrons. The van der Waals surface area contributed by atoms with Gasteiger partial charge < -0.3 is 10.1 Å². The van der Waals surface area contributed by atoms with E-state index in [0.717, 1.165) is 18.5 Å². The van der Waals surface area contributed by atoms with Crippen LogP contribution in [0.4, 0.5) is 18.9 Å². The molecule has 1 aromatic carbocycles. The fourth-order valence-corrected chi connectivity index (χ4v) is 3.43. The average molecular weight is 401 g/mol. The lowest BCUT2D eigenvalue weighted by atomic mass is 10.2. The van der Waals surface area contributed by atoms with Crippen LogP contribution in [0.3, 0.4) is 0 Å². The molecule has 1 saturated carbocycles. The van der Waals surface area contributed by atoms with Crippen LogP contribution < -0.4 is 10.1 Å². The number of nitrogens with one attached hydrogen (secondary N) is 1. The largest absolute Gasteiger partial charge is 0.573 e. The molecular weight excluding hydrogens is 377 g/mol. The van der Waals surface area contributed by atoms with Gasteiger partial charge in [0.05, 0.1) is 10.7 Å². The Morgan fingerprint density at radius 1 is 1.19 bits per heavy atom. The van der Waals surface area contributed by atoms with Gasteiger partial charge in [0.2, 0.25) is 0 Å². The predicted molar refractivity (Wildman–Crippen MR) is 104 cm³/mol. The minimum atomic E-state index is -4.70. The van der Waals surface area contributed by atoms with Crippen molar-refractivity contribution in [2.45, 2.75) is 46.9 Å². The molecule has 0 saturated heterocycles. The van der Waals surface area contributed by atoms with Gasteiger partial charge in [-0.1, -0.05) is 31.5 Å². The Balaban J connectivity index is 2.19. The van der Waals surface area contributed by atoms with E-state index in [0.29, 0.717) is 28.4 Å². The van der Waals surface area contributed by atoms with E-state index in [4.69, 9.17) is 11.6 Å². The summed E-state index contributed by atoms with van der Waals surface area (Å²) in [6, 6.07) is 5.51. The molecule has 0 bridgehead atoms. The smallest absolute Gasteiger partial charge is 0.406 e. The maximum atomic E-state index is 12.2. The van der Waals surface area contributed by atoms with Crippen molar-refractivity contribution in [2.24, 2.45) is 16.8 Å². The summed E-state index contributed by atoms with van der Waals surface area (Å²) in [5.74, 6) is 1.36. The molecule has 1 fully saturated rings. The van der Waals surface area contributed by atoms with Crippen molar-refractivity contribution >= 4 is 23.1 Å². The summed E-state index contributed by atoms with van der Waals surface area (Å²) in [6.45, 7) is 7.97. The van der Waals surface area contributed by atoms with Gasteiger partial charge in [-0.2, -0.15) is 0 Å². The number of amidine groups is 1. The maximum Gasteiger partial charge on any atom is 0.573 e. The topological polar surface area (TPSA) is 33.6 Å². The lowest BCUT2D eigenvalue weighted by molar-refractivity contribution is -0.274. The number of nitrogens with zero attached hydrogens (tertiary/aromatic N) is 1. The van der Waals surface area contributed by atoms with E-state index in [1.165, 1.54) is 29.8 Å². The summed E-state index contributed by atoms with van der Waals surface area (Å²) < 4.78 is 40.6. The first kappa shape index (κ1) is 21.4. The van der Waals surface area contributed by atoms with E-state index >= 15 is 0 Å². The number of aliphatic imine (C=N–C) groups is 1. The molecule has 7 heteroatoms. The number of halogens is 4. The molecule has 2 atom stereocenters. The summed E-state index contributed by atoms with van der Waals surface area (Å²) >= 11 is 6.39. The van der Waals surface area contributed by atoms with Crippen LogP contribution in [0.15, 0.2) is 51.6 Å². The molecule has 148 valence electrons. The van der Waals surface area contributed by atoms with E-state index in [-0.39, 0.29) is 5.75 Å². The number of ether oxygens (including phenoxy) is 1. The summed E-state index contributed by atoms with van der Waals surface area (Å²) in [5.41, 5.74) is 2.68. The minimum Gasteiger partial charge on any atom is -0.406 e.